The number of fused-ring (bicyclic) bond motifs is 1. The third-order valence-electron chi connectivity index (χ3n) is 3.43. The Kier molecular flexibility index (Phi) is 3.44. The van der Waals surface area contributed by atoms with Gasteiger partial charge in [0, 0.05) is 17.0 Å². The third kappa shape index (κ3) is 2.52. The fraction of sp³-hybridized carbons (Fsp3) is 0.0556. The molecule has 0 bridgehead atoms. The molecule has 0 unspecified atom stereocenters. The molecule has 0 spiro atoms. The summed E-state index contributed by atoms with van der Waals surface area (Å²) >= 11 is 0. The first kappa shape index (κ1) is 13.0. The van der Waals surface area contributed by atoms with Crippen LogP contribution in [0.15, 0.2) is 66.9 Å². The number of para-hydroxylation sites is 1. The fourth-order valence-electron chi connectivity index (χ4n) is 2.43. The third-order valence-corrected chi connectivity index (χ3v) is 3.43. The molecule has 0 N–H and O–H groups in total. The van der Waals surface area contributed by atoms with E-state index in [0.29, 0.717) is 11.1 Å². The quantitative estimate of drug-likeness (QED) is 0.544. The Hall–Kier alpha value is -2.99. The van der Waals surface area contributed by atoms with E-state index >= 15 is 0 Å². The van der Waals surface area contributed by atoms with Crippen LogP contribution >= 0.6 is 0 Å². The van der Waals surface area contributed by atoms with Crippen LogP contribution in [0.5, 0.6) is 0 Å². The second-order valence-electron chi connectivity index (χ2n) is 4.78. The predicted molar refractivity (Wildman–Crippen MR) is 79.6 cm³/mol. The summed E-state index contributed by atoms with van der Waals surface area (Å²) in [5.74, 6) is 0.0286. The summed E-state index contributed by atoms with van der Waals surface area (Å²) in [6.45, 7) is 0.222. The van der Waals surface area contributed by atoms with Gasteiger partial charge in [-0.2, -0.15) is 9.83 Å². The highest BCUT2D eigenvalue weighted by molar-refractivity contribution is 5.95. The van der Waals surface area contributed by atoms with Crippen molar-refractivity contribution in [3.05, 3.63) is 78.0 Å². The van der Waals surface area contributed by atoms with Gasteiger partial charge in [-0.15, -0.1) is 0 Å². The van der Waals surface area contributed by atoms with E-state index in [1.165, 1.54) is 0 Å². The lowest BCUT2D eigenvalue weighted by Crippen LogP contribution is -2.38. The van der Waals surface area contributed by atoms with E-state index in [1.54, 1.807) is 18.2 Å². The Morgan fingerprint density at radius 1 is 1.00 bits per heavy atom. The number of rotatable bonds is 3. The van der Waals surface area contributed by atoms with Gasteiger partial charge in [-0.05, 0) is 18.2 Å². The van der Waals surface area contributed by atoms with Gasteiger partial charge in [0.1, 0.15) is 11.6 Å². The summed E-state index contributed by atoms with van der Waals surface area (Å²) in [5.41, 5.74) is 2.05. The zero-order valence-electron chi connectivity index (χ0n) is 11.4. The molecule has 0 atom stereocenters. The SMILES string of the molecule is N#Cc1cccc2ccc[n+](CC(=O)c3ccccc3)c12. The van der Waals surface area contributed by atoms with Crippen LogP contribution in [0.1, 0.15) is 15.9 Å². The summed E-state index contributed by atoms with van der Waals surface area (Å²) in [5, 5.41) is 10.2. The predicted octanol–water partition coefficient (Wildman–Crippen LogP) is 2.88. The van der Waals surface area contributed by atoms with Crippen LogP contribution in [0, 0.1) is 11.3 Å². The second kappa shape index (κ2) is 5.56. The summed E-state index contributed by atoms with van der Waals surface area (Å²) in [6.07, 6.45) is 1.84. The number of Topliss-reactive ketones (excluding diaryl/α,β-unsaturated/α-hetero) is 1. The maximum absolute atomic E-state index is 12.4. The van der Waals surface area contributed by atoms with E-state index in [9.17, 15) is 10.1 Å². The fourth-order valence-corrected chi connectivity index (χ4v) is 2.43. The molecular formula is C18H13N2O+. The number of pyridine rings is 1. The molecule has 100 valence electrons. The molecule has 0 radical (unpaired) electrons. The van der Waals surface area contributed by atoms with E-state index in [1.807, 2.05) is 53.2 Å². The van der Waals surface area contributed by atoms with Gasteiger partial charge < -0.3 is 0 Å². The van der Waals surface area contributed by atoms with Crippen LogP contribution in [-0.4, -0.2) is 5.78 Å². The maximum atomic E-state index is 12.4. The first-order chi connectivity index (χ1) is 10.3. The smallest absolute Gasteiger partial charge is 0.230 e. The van der Waals surface area contributed by atoms with Crippen molar-refractivity contribution in [2.24, 2.45) is 0 Å². The Morgan fingerprint density at radius 2 is 1.76 bits per heavy atom. The van der Waals surface area contributed by atoms with Crippen molar-refractivity contribution in [2.75, 3.05) is 0 Å². The lowest BCUT2D eigenvalue weighted by Gasteiger charge is -2.02. The van der Waals surface area contributed by atoms with Gasteiger partial charge >= 0.3 is 0 Å². The number of hydrogen-bond acceptors (Lipinski definition) is 2. The Balaban J connectivity index is 2.06. The number of benzene rings is 2. The van der Waals surface area contributed by atoms with Gasteiger partial charge in [0.05, 0.1) is 0 Å². The van der Waals surface area contributed by atoms with Gasteiger partial charge in [-0.25, -0.2) is 0 Å². The van der Waals surface area contributed by atoms with Crippen LogP contribution in [0.25, 0.3) is 10.9 Å². The summed E-state index contributed by atoms with van der Waals surface area (Å²) in [7, 11) is 0. The number of nitriles is 1. The first-order valence-electron chi connectivity index (χ1n) is 6.69. The molecule has 1 heterocycles. The highest BCUT2D eigenvalue weighted by atomic mass is 16.1. The van der Waals surface area contributed by atoms with Gasteiger partial charge in [0.25, 0.3) is 0 Å². The van der Waals surface area contributed by atoms with E-state index in [2.05, 4.69) is 6.07 Å². The van der Waals surface area contributed by atoms with E-state index in [0.717, 1.165) is 10.9 Å². The minimum atomic E-state index is 0.0286. The van der Waals surface area contributed by atoms with E-state index in [4.69, 9.17) is 0 Å². The number of carbonyl (C=O) groups is 1. The topological polar surface area (TPSA) is 44.7 Å². The van der Waals surface area contributed by atoms with Crippen molar-refractivity contribution in [3.63, 3.8) is 0 Å². The average Bonchev–Trinajstić information content (AvgIpc) is 2.55. The van der Waals surface area contributed by atoms with Crippen LogP contribution in [-0.2, 0) is 6.54 Å². The van der Waals surface area contributed by atoms with Gasteiger partial charge in [-0.1, -0.05) is 36.4 Å². The van der Waals surface area contributed by atoms with E-state index < -0.39 is 0 Å². The molecule has 0 saturated heterocycles. The molecule has 0 aliphatic heterocycles. The largest absolute Gasteiger partial charge is 0.287 e. The lowest BCUT2D eigenvalue weighted by molar-refractivity contribution is -0.657. The Bertz CT molecular complexity index is 843. The van der Waals surface area contributed by atoms with Crippen molar-refractivity contribution in [2.45, 2.75) is 6.54 Å². The molecule has 3 rings (SSSR count). The minimum absolute atomic E-state index is 0.0286. The molecule has 0 fully saturated rings. The average molecular weight is 273 g/mol. The van der Waals surface area contributed by atoms with Crippen molar-refractivity contribution in [1.29, 1.82) is 5.26 Å². The molecule has 0 saturated carbocycles. The number of ketones is 1. The Labute approximate surface area is 122 Å². The van der Waals surface area contributed by atoms with Gasteiger partial charge in [0.2, 0.25) is 17.8 Å². The van der Waals surface area contributed by atoms with Crippen molar-refractivity contribution < 1.29 is 9.36 Å². The van der Waals surface area contributed by atoms with Crippen LogP contribution in [0.2, 0.25) is 0 Å². The molecular weight excluding hydrogens is 260 g/mol. The number of aromatic nitrogens is 1. The second-order valence-corrected chi connectivity index (χ2v) is 4.78. The maximum Gasteiger partial charge on any atom is 0.230 e. The van der Waals surface area contributed by atoms with Crippen LogP contribution in [0.4, 0.5) is 0 Å². The first-order valence-corrected chi connectivity index (χ1v) is 6.69. The lowest BCUT2D eigenvalue weighted by atomic mass is 10.1. The highest BCUT2D eigenvalue weighted by Crippen LogP contribution is 2.14. The zero-order chi connectivity index (χ0) is 14.7. The molecule has 3 heteroatoms. The standard InChI is InChI=1S/C18H13N2O/c19-12-16-9-4-8-15-10-5-11-20(18(15)16)13-17(21)14-6-2-1-3-7-14/h1-11H,13H2/q+1. The molecule has 1 aromatic heterocycles. The minimum Gasteiger partial charge on any atom is -0.287 e. The molecule has 21 heavy (non-hydrogen) atoms. The summed E-state index contributed by atoms with van der Waals surface area (Å²) < 4.78 is 1.84. The molecule has 0 amide bonds. The molecule has 3 aromatic rings. The Morgan fingerprint density at radius 3 is 2.52 bits per heavy atom. The summed E-state index contributed by atoms with van der Waals surface area (Å²) in [4.78, 5) is 12.4. The zero-order valence-corrected chi connectivity index (χ0v) is 11.4. The number of carbonyl (C=O) groups excluding carboxylic acids is 1. The van der Waals surface area contributed by atoms with E-state index in [-0.39, 0.29) is 12.3 Å². The molecule has 0 aliphatic carbocycles. The monoisotopic (exact) mass is 273 g/mol. The number of hydrogen-bond donors (Lipinski definition) is 0. The molecule has 3 nitrogen and oxygen atoms in total. The van der Waals surface area contributed by atoms with Gasteiger partial charge in [0.15, 0.2) is 6.20 Å². The van der Waals surface area contributed by atoms with Crippen molar-refractivity contribution in [3.8, 4) is 6.07 Å². The van der Waals surface area contributed by atoms with Gasteiger partial charge in [-0.3, -0.25) is 4.79 Å². The molecule has 0 aliphatic rings. The van der Waals surface area contributed by atoms with Crippen LogP contribution in [0.3, 0.4) is 0 Å². The van der Waals surface area contributed by atoms with Crippen molar-refractivity contribution >= 4 is 16.7 Å². The van der Waals surface area contributed by atoms with Crippen molar-refractivity contribution in [1.82, 2.24) is 0 Å². The number of nitrogens with zero attached hydrogens (tertiary/aromatic N) is 2. The molecule has 2 aromatic carbocycles. The summed E-state index contributed by atoms with van der Waals surface area (Å²) in [6, 6.07) is 20.8. The highest BCUT2D eigenvalue weighted by Gasteiger charge is 2.17. The normalized spacial score (nSPS) is 10.2. The van der Waals surface area contributed by atoms with Crippen LogP contribution < -0.4 is 4.57 Å².